The Morgan fingerprint density at radius 1 is 0.848 bits per heavy atom. The largest absolute Gasteiger partial charge is 0.467 e. The lowest BCUT2D eigenvalue weighted by molar-refractivity contribution is -0.143. The zero-order valence-corrected chi connectivity index (χ0v) is 20.9. The Morgan fingerprint density at radius 2 is 1.33 bits per heavy atom. The molecule has 1 saturated heterocycles. The molecule has 1 aliphatic heterocycles. The summed E-state index contributed by atoms with van der Waals surface area (Å²) in [6.07, 6.45) is 0.489. The van der Waals surface area contributed by atoms with Gasteiger partial charge in [-0.25, -0.2) is 4.79 Å². The van der Waals surface area contributed by atoms with E-state index in [1.54, 1.807) is 0 Å². The molecule has 0 radical (unpaired) electrons. The molecule has 3 aromatic carbocycles. The number of nitrogens with zero attached hydrogens (tertiary/aromatic N) is 1. The lowest BCUT2D eigenvalue weighted by Gasteiger charge is -2.45. The molecule has 4 nitrogen and oxygen atoms in total. The van der Waals surface area contributed by atoms with Crippen molar-refractivity contribution in [3.8, 4) is 0 Å². The second-order valence-electron chi connectivity index (χ2n) is 9.61. The van der Waals surface area contributed by atoms with Gasteiger partial charge in [0.1, 0.15) is 0 Å². The summed E-state index contributed by atoms with van der Waals surface area (Å²) in [5, 5.41) is 2.27. The SMILES string of the molecule is COC(=O)[C@H]1[C@H](O[Si](c2ccccc2)(c2ccccc2)C(C)(C)C)CCN1c1ccccc1. The van der Waals surface area contributed by atoms with Gasteiger partial charge in [0.25, 0.3) is 8.32 Å². The Hall–Kier alpha value is -2.89. The van der Waals surface area contributed by atoms with Gasteiger partial charge in [0.05, 0.1) is 13.2 Å². The van der Waals surface area contributed by atoms with Gasteiger partial charge in [0.2, 0.25) is 0 Å². The maximum Gasteiger partial charge on any atom is 0.331 e. The fourth-order valence-corrected chi connectivity index (χ4v) is 9.83. The summed E-state index contributed by atoms with van der Waals surface area (Å²) in [7, 11) is -1.32. The summed E-state index contributed by atoms with van der Waals surface area (Å²) < 4.78 is 12.6. The number of methoxy groups -OCH3 is 1. The summed E-state index contributed by atoms with van der Waals surface area (Å²) in [4.78, 5) is 15.2. The van der Waals surface area contributed by atoms with Crippen molar-refractivity contribution in [2.75, 3.05) is 18.6 Å². The number of carbonyl (C=O) groups excluding carboxylic acids is 1. The second kappa shape index (κ2) is 9.54. The van der Waals surface area contributed by atoms with Crippen molar-refractivity contribution < 1.29 is 14.0 Å². The molecule has 2 atom stereocenters. The quantitative estimate of drug-likeness (QED) is 0.405. The van der Waals surface area contributed by atoms with E-state index in [2.05, 4.69) is 74.2 Å². The van der Waals surface area contributed by atoms with Gasteiger partial charge < -0.3 is 14.1 Å². The van der Waals surface area contributed by atoms with Crippen LogP contribution in [0.15, 0.2) is 91.0 Å². The highest BCUT2D eigenvalue weighted by molar-refractivity contribution is 6.99. The van der Waals surface area contributed by atoms with Gasteiger partial charge >= 0.3 is 5.97 Å². The van der Waals surface area contributed by atoms with Crippen LogP contribution in [0.5, 0.6) is 0 Å². The van der Waals surface area contributed by atoms with E-state index < -0.39 is 14.4 Å². The smallest absolute Gasteiger partial charge is 0.331 e. The summed E-state index contributed by atoms with van der Waals surface area (Å²) in [6, 6.07) is 30.7. The molecular weight excluding hydrogens is 426 g/mol. The van der Waals surface area contributed by atoms with Crippen molar-refractivity contribution in [2.45, 2.75) is 44.4 Å². The normalized spacial score (nSPS) is 18.8. The number of para-hydroxylation sites is 1. The van der Waals surface area contributed by atoms with Crippen molar-refractivity contribution in [1.29, 1.82) is 0 Å². The Morgan fingerprint density at radius 3 is 1.79 bits per heavy atom. The lowest BCUT2D eigenvalue weighted by Crippen LogP contribution is -2.68. The van der Waals surface area contributed by atoms with Crippen molar-refractivity contribution in [2.24, 2.45) is 0 Å². The van der Waals surface area contributed by atoms with Crippen LogP contribution in [-0.4, -0.2) is 40.1 Å². The maximum atomic E-state index is 13.1. The third-order valence-corrected chi connectivity index (χ3v) is 11.7. The first-order chi connectivity index (χ1) is 15.9. The highest BCUT2D eigenvalue weighted by Crippen LogP contribution is 2.40. The summed E-state index contributed by atoms with van der Waals surface area (Å²) >= 11 is 0. The van der Waals surface area contributed by atoms with E-state index in [1.807, 2.05) is 42.5 Å². The molecule has 33 heavy (non-hydrogen) atoms. The number of benzene rings is 3. The molecule has 1 heterocycles. The van der Waals surface area contributed by atoms with Crippen LogP contribution in [-0.2, 0) is 14.0 Å². The zero-order chi connectivity index (χ0) is 23.5. The molecule has 0 bridgehead atoms. The van der Waals surface area contributed by atoms with E-state index >= 15 is 0 Å². The number of esters is 1. The molecule has 5 heteroatoms. The molecular formula is C28H33NO3Si. The Kier molecular flexibility index (Phi) is 6.72. The Balaban J connectivity index is 1.83. The Labute approximate surface area is 198 Å². The minimum absolute atomic E-state index is 0.156. The monoisotopic (exact) mass is 459 g/mol. The number of hydrogen-bond donors (Lipinski definition) is 0. The highest BCUT2D eigenvalue weighted by Gasteiger charge is 2.54. The Bertz CT molecular complexity index is 1010. The average Bonchev–Trinajstić information content (AvgIpc) is 3.26. The third kappa shape index (κ3) is 4.35. The number of ether oxygens (including phenoxy) is 1. The van der Waals surface area contributed by atoms with Gasteiger partial charge in [-0.15, -0.1) is 0 Å². The van der Waals surface area contributed by atoms with Crippen LogP contribution >= 0.6 is 0 Å². The van der Waals surface area contributed by atoms with Gasteiger partial charge in [-0.05, 0) is 34.0 Å². The summed E-state index contributed by atoms with van der Waals surface area (Å²) in [6.45, 7) is 7.52. The zero-order valence-electron chi connectivity index (χ0n) is 19.9. The fourth-order valence-electron chi connectivity index (χ4n) is 5.11. The molecule has 4 rings (SSSR count). The first-order valence-corrected chi connectivity index (χ1v) is 13.5. The van der Waals surface area contributed by atoms with E-state index in [0.29, 0.717) is 0 Å². The second-order valence-corrected chi connectivity index (χ2v) is 13.9. The summed E-state index contributed by atoms with van der Waals surface area (Å²) in [5.74, 6) is -0.251. The van der Waals surface area contributed by atoms with Crippen LogP contribution in [0.25, 0.3) is 0 Å². The first-order valence-electron chi connectivity index (χ1n) is 11.6. The van der Waals surface area contributed by atoms with E-state index in [4.69, 9.17) is 9.16 Å². The minimum atomic E-state index is -2.78. The minimum Gasteiger partial charge on any atom is -0.467 e. The molecule has 0 amide bonds. The molecule has 3 aromatic rings. The molecule has 1 fully saturated rings. The topological polar surface area (TPSA) is 38.8 Å². The van der Waals surface area contributed by atoms with Gasteiger partial charge in [-0.3, -0.25) is 0 Å². The number of anilines is 1. The lowest BCUT2D eigenvalue weighted by atomic mass is 10.1. The molecule has 0 spiro atoms. The van der Waals surface area contributed by atoms with Crippen LogP contribution in [0.1, 0.15) is 27.2 Å². The number of carbonyl (C=O) groups is 1. The van der Waals surface area contributed by atoms with E-state index in [9.17, 15) is 4.79 Å². The van der Waals surface area contributed by atoms with E-state index in [0.717, 1.165) is 18.7 Å². The van der Waals surface area contributed by atoms with Crippen molar-refractivity contribution in [3.63, 3.8) is 0 Å². The van der Waals surface area contributed by atoms with E-state index in [-0.39, 0.29) is 17.1 Å². The van der Waals surface area contributed by atoms with Gasteiger partial charge in [-0.1, -0.05) is 99.6 Å². The fraction of sp³-hybridized carbons (Fsp3) is 0.321. The van der Waals surface area contributed by atoms with Crippen LogP contribution < -0.4 is 15.3 Å². The van der Waals surface area contributed by atoms with Gasteiger partial charge in [-0.2, -0.15) is 0 Å². The predicted octanol–water partition coefficient (Wildman–Crippen LogP) is 4.38. The van der Waals surface area contributed by atoms with Crippen molar-refractivity contribution in [3.05, 3.63) is 91.0 Å². The average molecular weight is 460 g/mol. The molecule has 172 valence electrons. The van der Waals surface area contributed by atoms with Gasteiger partial charge in [0, 0.05) is 12.2 Å². The van der Waals surface area contributed by atoms with Crippen LogP contribution in [0.4, 0.5) is 5.69 Å². The molecule has 0 N–H and O–H groups in total. The van der Waals surface area contributed by atoms with Gasteiger partial charge in [0.15, 0.2) is 6.04 Å². The number of rotatable bonds is 6. The van der Waals surface area contributed by atoms with Crippen LogP contribution in [0.2, 0.25) is 5.04 Å². The number of hydrogen-bond acceptors (Lipinski definition) is 4. The van der Waals surface area contributed by atoms with Crippen molar-refractivity contribution >= 4 is 30.3 Å². The van der Waals surface area contributed by atoms with Crippen LogP contribution in [0, 0.1) is 0 Å². The van der Waals surface area contributed by atoms with Crippen molar-refractivity contribution in [1.82, 2.24) is 0 Å². The predicted molar refractivity (Wildman–Crippen MR) is 137 cm³/mol. The molecule has 1 aliphatic rings. The molecule has 0 aromatic heterocycles. The molecule has 0 unspecified atom stereocenters. The highest BCUT2D eigenvalue weighted by atomic mass is 28.4. The standard InChI is InChI=1S/C28H33NO3Si/c1-28(2,3)33(23-16-10-6-11-17-23,24-18-12-7-13-19-24)32-25-20-21-29(26(25)27(30)31-4)22-14-8-5-9-15-22/h5-19,25-26H,20-21H2,1-4H3/t25-,26-/m1/s1. The summed E-state index contributed by atoms with van der Waals surface area (Å²) in [5.41, 5.74) is 1.02. The van der Waals surface area contributed by atoms with Crippen LogP contribution in [0.3, 0.4) is 0 Å². The molecule has 0 saturated carbocycles. The maximum absolute atomic E-state index is 13.1. The third-order valence-electron chi connectivity index (χ3n) is 6.62. The molecule has 0 aliphatic carbocycles. The first kappa shape index (κ1) is 23.3. The van der Waals surface area contributed by atoms with E-state index in [1.165, 1.54) is 17.5 Å².